The average molecular weight is 378 g/mol. The van der Waals surface area contributed by atoms with Crippen LogP contribution in [0.15, 0.2) is 23.3 Å². The smallest absolute Gasteiger partial charge is 0.218 e. The fourth-order valence-electron chi connectivity index (χ4n) is 3.10. The molecule has 1 aromatic heterocycles. The Bertz CT molecular complexity index is 559. The molecular weight excluding hydrogens is 342 g/mol. The fraction of sp³-hybridized carbons (Fsp3) is 0.700. The quantitative estimate of drug-likeness (QED) is 0.369. The minimum atomic E-state index is 0.489. The number of aromatic nitrogens is 1. The molecule has 0 atom stereocenters. The molecule has 7 heteroatoms. The van der Waals surface area contributed by atoms with Crippen molar-refractivity contribution in [1.82, 2.24) is 20.5 Å². The topological polar surface area (TPSA) is 71.0 Å². The molecule has 2 heterocycles. The monoisotopic (exact) mass is 377 g/mol. The summed E-state index contributed by atoms with van der Waals surface area (Å²) in [5.41, 5.74) is 0.999. The van der Waals surface area contributed by atoms with Crippen molar-refractivity contribution in [3.63, 3.8) is 0 Å². The fourth-order valence-corrected chi connectivity index (χ4v) is 3.10. The first-order valence-electron chi connectivity index (χ1n) is 9.95. The zero-order valence-electron chi connectivity index (χ0n) is 17.0. The van der Waals surface area contributed by atoms with E-state index in [2.05, 4.69) is 32.4 Å². The number of likely N-dealkylation sites (tertiary alicyclic amines) is 1. The second-order valence-corrected chi connectivity index (χ2v) is 7.04. The summed E-state index contributed by atoms with van der Waals surface area (Å²) in [5.74, 6) is 2.32. The van der Waals surface area contributed by atoms with E-state index >= 15 is 0 Å². The van der Waals surface area contributed by atoms with Crippen molar-refractivity contribution < 1.29 is 9.47 Å². The van der Waals surface area contributed by atoms with Gasteiger partial charge in [0.25, 0.3) is 0 Å². The van der Waals surface area contributed by atoms with E-state index in [0.717, 1.165) is 37.0 Å². The summed E-state index contributed by atoms with van der Waals surface area (Å²) in [5, 5.41) is 6.73. The van der Waals surface area contributed by atoms with Crippen molar-refractivity contribution in [2.24, 2.45) is 10.9 Å². The van der Waals surface area contributed by atoms with Gasteiger partial charge in [0.2, 0.25) is 5.88 Å². The summed E-state index contributed by atoms with van der Waals surface area (Å²) in [6.45, 7) is 8.53. The van der Waals surface area contributed by atoms with Crippen LogP contribution in [0.2, 0.25) is 0 Å². The predicted molar refractivity (Wildman–Crippen MR) is 109 cm³/mol. The van der Waals surface area contributed by atoms with Crippen molar-refractivity contribution in [2.75, 3.05) is 53.6 Å². The van der Waals surface area contributed by atoms with Crippen LogP contribution < -0.4 is 15.4 Å². The maximum Gasteiger partial charge on any atom is 0.218 e. The van der Waals surface area contributed by atoms with Crippen LogP contribution in [0.5, 0.6) is 5.88 Å². The standard InChI is InChI=1S/C20H35N5O2/c1-17-7-12-25(13-8-17)11-5-10-23-20(21-2)24-16-18-6-4-9-22-19(18)27-15-14-26-3/h4,6,9,17H,5,7-8,10-16H2,1-3H3,(H2,21,23,24). The molecule has 1 fully saturated rings. The van der Waals surface area contributed by atoms with E-state index in [0.29, 0.717) is 25.6 Å². The zero-order valence-corrected chi connectivity index (χ0v) is 17.0. The molecule has 0 amide bonds. The van der Waals surface area contributed by atoms with E-state index in [1.54, 1.807) is 20.4 Å². The van der Waals surface area contributed by atoms with Gasteiger partial charge in [0.1, 0.15) is 6.61 Å². The molecule has 152 valence electrons. The Balaban J connectivity index is 1.68. The normalized spacial score (nSPS) is 16.3. The van der Waals surface area contributed by atoms with E-state index in [1.165, 1.54) is 25.9 Å². The molecule has 1 aliphatic rings. The highest BCUT2D eigenvalue weighted by molar-refractivity contribution is 5.79. The number of ether oxygens (including phenoxy) is 2. The Morgan fingerprint density at radius 3 is 2.85 bits per heavy atom. The minimum Gasteiger partial charge on any atom is -0.475 e. The number of pyridine rings is 1. The van der Waals surface area contributed by atoms with Gasteiger partial charge in [0, 0.05) is 39.0 Å². The van der Waals surface area contributed by atoms with Gasteiger partial charge in [-0.3, -0.25) is 4.99 Å². The summed E-state index contributed by atoms with van der Waals surface area (Å²) in [7, 11) is 3.45. The first-order valence-corrected chi connectivity index (χ1v) is 9.95. The number of guanidine groups is 1. The number of rotatable bonds is 10. The second kappa shape index (κ2) is 12.5. The highest BCUT2D eigenvalue weighted by Crippen LogP contribution is 2.16. The predicted octanol–water partition coefficient (Wildman–Crippen LogP) is 1.89. The number of hydrogen-bond donors (Lipinski definition) is 2. The van der Waals surface area contributed by atoms with Gasteiger partial charge in [0.15, 0.2) is 5.96 Å². The molecule has 2 rings (SSSR count). The highest BCUT2D eigenvalue weighted by atomic mass is 16.5. The third-order valence-corrected chi connectivity index (χ3v) is 4.87. The van der Waals surface area contributed by atoms with E-state index in [9.17, 15) is 0 Å². The number of piperidine rings is 1. The van der Waals surface area contributed by atoms with Crippen molar-refractivity contribution >= 4 is 5.96 Å². The van der Waals surface area contributed by atoms with Crippen molar-refractivity contribution in [1.29, 1.82) is 0 Å². The van der Waals surface area contributed by atoms with Crippen LogP contribution >= 0.6 is 0 Å². The average Bonchev–Trinajstić information content (AvgIpc) is 2.70. The van der Waals surface area contributed by atoms with Gasteiger partial charge in [-0.05, 0) is 50.9 Å². The number of methoxy groups -OCH3 is 1. The Labute approximate surface area is 163 Å². The van der Waals surface area contributed by atoms with E-state index in [-0.39, 0.29) is 0 Å². The lowest BCUT2D eigenvalue weighted by Gasteiger charge is -2.30. The number of hydrogen-bond acceptors (Lipinski definition) is 5. The maximum absolute atomic E-state index is 5.67. The number of nitrogens with one attached hydrogen (secondary N) is 2. The van der Waals surface area contributed by atoms with Crippen LogP contribution in [-0.2, 0) is 11.3 Å². The number of aliphatic imine (C=N–C) groups is 1. The third kappa shape index (κ3) is 8.13. The minimum absolute atomic E-state index is 0.489. The third-order valence-electron chi connectivity index (χ3n) is 4.87. The summed E-state index contributed by atoms with van der Waals surface area (Å²) in [4.78, 5) is 11.2. The van der Waals surface area contributed by atoms with Gasteiger partial charge in [-0.2, -0.15) is 0 Å². The molecule has 2 N–H and O–H groups in total. The summed E-state index contributed by atoms with van der Waals surface area (Å²) in [6.07, 6.45) is 5.51. The van der Waals surface area contributed by atoms with Gasteiger partial charge in [-0.15, -0.1) is 0 Å². The Morgan fingerprint density at radius 2 is 2.11 bits per heavy atom. The zero-order chi connectivity index (χ0) is 19.3. The molecule has 0 aromatic carbocycles. The van der Waals surface area contributed by atoms with Gasteiger partial charge >= 0.3 is 0 Å². The summed E-state index contributed by atoms with van der Waals surface area (Å²) < 4.78 is 10.7. The lowest BCUT2D eigenvalue weighted by atomic mass is 9.99. The molecule has 0 spiro atoms. The van der Waals surface area contributed by atoms with Crippen molar-refractivity contribution in [3.05, 3.63) is 23.9 Å². The lowest BCUT2D eigenvalue weighted by molar-refractivity contribution is 0.143. The lowest BCUT2D eigenvalue weighted by Crippen LogP contribution is -2.39. The van der Waals surface area contributed by atoms with E-state index < -0.39 is 0 Å². The van der Waals surface area contributed by atoms with Crippen LogP contribution in [0.3, 0.4) is 0 Å². The molecule has 1 aliphatic heterocycles. The van der Waals surface area contributed by atoms with Crippen LogP contribution in [0.25, 0.3) is 0 Å². The van der Waals surface area contributed by atoms with Gasteiger partial charge < -0.3 is 25.0 Å². The van der Waals surface area contributed by atoms with Gasteiger partial charge in [-0.1, -0.05) is 13.0 Å². The molecule has 1 aromatic rings. The maximum atomic E-state index is 5.67. The van der Waals surface area contributed by atoms with Gasteiger partial charge in [0.05, 0.1) is 6.61 Å². The Kier molecular flexibility index (Phi) is 9.94. The Hall–Kier alpha value is -1.86. The SMILES string of the molecule is CN=C(NCCCN1CCC(C)CC1)NCc1cccnc1OCCOC. The van der Waals surface area contributed by atoms with Crippen LogP contribution in [0, 0.1) is 5.92 Å². The first-order chi connectivity index (χ1) is 13.2. The Morgan fingerprint density at radius 1 is 1.30 bits per heavy atom. The molecular formula is C20H35N5O2. The molecule has 0 saturated carbocycles. The molecule has 0 aliphatic carbocycles. The molecule has 0 bridgehead atoms. The first kappa shape index (κ1) is 21.4. The molecule has 0 unspecified atom stereocenters. The highest BCUT2D eigenvalue weighted by Gasteiger charge is 2.14. The van der Waals surface area contributed by atoms with Crippen molar-refractivity contribution in [2.45, 2.75) is 32.7 Å². The molecule has 7 nitrogen and oxygen atoms in total. The summed E-state index contributed by atoms with van der Waals surface area (Å²) >= 11 is 0. The van der Waals surface area contributed by atoms with Crippen molar-refractivity contribution in [3.8, 4) is 5.88 Å². The van der Waals surface area contributed by atoms with E-state index in [4.69, 9.17) is 9.47 Å². The number of nitrogens with zero attached hydrogens (tertiary/aromatic N) is 3. The van der Waals surface area contributed by atoms with Crippen LogP contribution in [0.1, 0.15) is 31.7 Å². The molecule has 0 radical (unpaired) electrons. The van der Waals surface area contributed by atoms with Gasteiger partial charge in [-0.25, -0.2) is 4.98 Å². The van der Waals surface area contributed by atoms with Crippen LogP contribution in [0.4, 0.5) is 0 Å². The van der Waals surface area contributed by atoms with Crippen LogP contribution in [-0.4, -0.2) is 69.4 Å². The second-order valence-electron chi connectivity index (χ2n) is 7.04. The largest absolute Gasteiger partial charge is 0.475 e. The summed E-state index contributed by atoms with van der Waals surface area (Å²) in [6, 6.07) is 3.92. The molecule has 1 saturated heterocycles. The van der Waals surface area contributed by atoms with E-state index in [1.807, 2.05) is 12.1 Å². The molecule has 27 heavy (non-hydrogen) atoms.